The number of aryl methyl sites for hydroxylation is 1. The molecule has 1 saturated heterocycles. The van der Waals surface area contributed by atoms with Crippen molar-refractivity contribution in [3.8, 4) is 5.75 Å². The van der Waals surface area contributed by atoms with Crippen molar-refractivity contribution in [1.29, 1.82) is 0 Å². The Bertz CT molecular complexity index is 1020. The van der Waals surface area contributed by atoms with Gasteiger partial charge in [0.15, 0.2) is 5.69 Å². The maximum atomic E-state index is 11.0. The molecule has 1 N–H and O–H groups in total. The lowest BCUT2D eigenvalue weighted by molar-refractivity contribution is 0.0690. The Morgan fingerprint density at radius 1 is 1.36 bits per heavy atom. The van der Waals surface area contributed by atoms with Gasteiger partial charge in [0, 0.05) is 31.1 Å². The van der Waals surface area contributed by atoms with E-state index in [0.717, 1.165) is 48.4 Å². The Morgan fingerprint density at radius 3 is 2.96 bits per heavy atom. The van der Waals surface area contributed by atoms with Crippen LogP contribution < -0.4 is 9.64 Å². The molecule has 1 unspecified atom stereocenters. The van der Waals surface area contributed by atoms with Crippen LogP contribution in [0.5, 0.6) is 5.75 Å². The van der Waals surface area contributed by atoms with Crippen LogP contribution in [0.4, 0.5) is 5.82 Å². The number of fused-ring (bicyclic) bond motifs is 1. The predicted octanol–water partition coefficient (Wildman–Crippen LogP) is 2.76. The number of nitrogens with zero attached hydrogens (tertiary/aromatic N) is 5. The van der Waals surface area contributed by atoms with Gasteiger partial charge in [-0.2, -0.15) is 0 Å². The second kappa shape index (κ2) is 7.46. The molecular weight excluding hydrogens is 358 g/mol. The number of anilines is 1. The molecule has 0 spiro atoms. The van der Waals surface area contributed by atoms with Crippen LogP contribution in [0.25, 0.3) is 10.9 Å². The summed E-state index contributed by atoms with van der Waals surface area (Å²) in [6, 6.07) is 8.10. The van der Waals surface area contributed by atoms with E-state index in [1.54, 1.807) is 11.8 Å². The van der Waals surface area contributed by atoms with Crippen molar-refractivity contribution in [3.63, 3.8) is 0 Å². The number of piperidine rings is 1. The van der Waals surface area contributed by atoms with E-state index in [1.165, 1.54) is 11.8 Å². The monoisotopic (exact) mass is 381 g/mol. The highest BCUT2D eigenvalue weighted by Crippen LogP contribution is 2.28. The summed E-state index contributed by atoms with van der Waals surface area (Å²) in [5, 5.41) is 17.8. The van der Waals surface area contributed by atoms with E-state index in [4.69, 9.17) is 14.8 Å². The highest BCUT2D eigenvalue weighted by molar-refractivity contribution is 5.85. The van der Waals surface area contributed by atoms with Crippen LogP contribution in [0.1, 0.15) is 28.9 Å². The molecule has 1 fully saturated rings. The van der Waals surface area contributed by atoms with Crippen molar-refractivity contribution in [2.24, 2.45) is 5.92 Å². The third kappa shape index (κ3) is 3.62. The van der Waals surface area contributed by atoms with Gasteiger partial charge in [-0.3, -0.25) is 4.68 Å². The summed E-state index contributed by atoms with van der Waals surface area (Å²) < 4.78 is 6.97. The quantitative estimate of drug-likeness (QED) is 0.726. The van der Waals surface area contributed by atoms with Gasteiger partial charge >= 0.3 is 5.97 Å². The van der Waals surface area contributed by atoms with Gasteiger partial charge < -0.3 is 14.7 Å². The molecule has 3 heterocycles. The standard InChI is InChI=1S/C20H23N5O3/c1-13-8-19(21-17-9-15(28-2)5-6-16(13)17)24-7-3-4-14(10-24)11-25-12-18(20(26)27)22-23-25/h5-6,8-9,12,14H,3-4,7,10-11H2,1-2H3,(H,26,27). The summed E-state index contributed by atoms with van der Waals surface area (Å²) in [4.78, 5) is 18.2. The maximum Gasteiger partial charge on any atom is 0.358 e. The van der Waals surface area contributed by atoms with Crippen LogP contribution in [0, 0.1) is 12.8 Å². The van der Waals surface area contributed by atoms with Crippen LogP contribution in [-0.4, -0.2) is 51.3 Å². The van der Waals surface area contributed by atoms with Gasteiger partial charge in [0.2, 0.25) is 0 Å². The lowest BCUT2D eigenvalue weighted by atomic mass is 9.98. The summed E-state index contributed by atoms with van der Waals surface area (Å²) >= 11 is 0. The molecule has 8 heteroatoms. The van der Waals surface area contributed by atoms with Gasteiger partial charge in [-0.1, -0.05) is 5.21 Å². The van der Waals surface area contributed by atoms with Gasteiger partial charge in [-0.15, -0.1) is 5.10 Å². The average Bonchev–Trinajstić information content (AvgIpc) is 3.16. The maximum absolute atomic E-state index is 11.0. The first kappa shape index (κ1) is 18.2. The number of aromatic carboxylic acids is 1. The molecule has 4 rings (SSSR count). The van der Waals surface area contributed by atoms with E-state index < -0.39 is 5.97 Å². The first-order valence-electron chi connectivity index (χ1n) is 9.37. The summed E-state index contributed by atoms with van der Waals surface area (Å²) in [5.41, 5.74) is 2.10. The molecule has 0 bridgehead atoms. The molecule has 1 aliphatic rings. The van der Waals surface area contributed by atoms with Crippen molar-refractivity contribution in [1.82, 2.24) is 20.0 Å². The smallest absolute Gasteiger partial charge is 0.358 e. The Labute approximate surface area is 162 Å². The third-order valence-corrected chi connectivity index (χ3v) is 5.26. The van der Waals surface area contributed by atoms with Crippen molar-refractivity contribution in [2.45, 2.75) is 26.3 Å². The number of carboxylic acids is 1. The molecule has 8 nitrogen and oxygen atoms in total. The number of rotatable bonds is 5. The molecule has 0 amide bonds. The van der Waals surface area contributed by atoms with E-state index in [-0.39, 0.29) is 5.69 Å². The largest absolute Gasteiger partial charge is 0.497 e. The zero-order valence-corrected chi connectivity index (χ0v) is 16.0. The molecule has 28 heavy (non-hydrogen) atoms. The minimum atomic E-state index is -1.05. The summed E-state index contributed by atoms with van der Waals surface area (Å²) in [5.74, 6) is 1.07. The van der Waals surface area contributed by atoms with E-state index in [0.29, 0.717) is 12.5 Å². The Morgan fingerprint density at radius 2 is 2.21 bits per heavy atom. The van der Waals surface area contributed by atoms with Crippen molar-refractivity contribution in [3.05, 3.63) is 41.7 Å². The predicted molar refractivity (Wildman–Crippen MR) is 105 cm³/mol. The van der Waals surface area contributed by atoms with E-state index in [9.17, 15) is 4.79 Å². The van der Waals surface area contributed by atoms with Gasteiger partial charge in [0.1, 0.15) is 11.6 Å². The first-order valence-corrected chi connectivity index (χ1v) is 9.37. The highest BCUT2D eigenvalue weighted by Gasteiger charge is 2.23. The number of hydrogen-bond acceptors (Lipinski definition) is 6. The average molecular weight is 381 g/mol. The highest BCUT2D eigenvalue weighted by atomic mass is 16.5. The van der Waals surface area contributed by atoms with Gasteiger partial charge in [-0.25, -0.2) is 9.78 Å². The number of benzene rings is 1. The topological polar surface area (TPSA) is 93.4 Å². The molecule has 2 aromatic heterocycles. The van der Waals surface area contributed by atoms with Gasteiger partial charge in [0.05, 0.1) is 18.8 Å². The normalized spacial score (nSPS) is 17.1. The Balaban J connectivity index is 1.54. The lowest BCUT2D eigenvalue weighted by Crippen LogP contribution is -2.37. The fraction of sp³-hybridized carbons (Fsp3) is 0.400. The van der Waals surface area contributed by atoms with Crippen molar-refractivity contribution < 1.29 is 14.6 Å². The number of aromatic nitrogens is 4. The number of carboxylic acid groups (broad SMARTS) is 1. The van der Waals surface area contributed by atoms with Gasteiger partial charge in [0.25, 0.3) is 0 Å². The van der Waals surface area contributed by atoms with Crippen LogP contribution >= 0.6 is 0 Å². The zero-order valence-electron chi connectivity index (χ0n) is 16.0. The van der Waals surface area contributed by atoms with Crippen molar-refractivity contribution in [2.75, 3.05) is 25.1 Å². The molecule has 0 radical (unpaired) electrons. The number of ether oxygens (including phenoxy) is 1. The van der Waals surface area contributed by atoms with E-state index >= 15 is 0 Å². The SMILES string of the molecule is COc1ccc2c(C)cc(N3CCCC(Cn4cc(C(=O)O)nn4)C3)nc2c1. The minimum Gasteiger partial charge on any atom is -0.497 e. The molecule has 0 aliphatic carbocycles. The molecule has 146 valence electrons. The van der Waals surface area contributed by atoms with E-state index in [2.05, 4.69) is 28.2 Å². The fourth-order valence-corrected chi connectivity index (χ4v) is 3.83. The number of pyridine rings is 1. The minimum absolute atomic E-state index is 0.0200. The van der Waals surface area contributed by atoms with E-state index in [1.807, 2.05) is 18.2 Å². The fourth-order valence-electron chi connectivity index (χ4n) is 3.83. The van der Waals surface area contributed by atoms with Crippen LogP contribution in [0.2, 0.25) is 0 Å². The van der Waals surface area contributed by atoms with Gasteiger partial charge in [-0.05, 0) is 49.4 Å². The molecule has 3 aromatic rings. The molecular formula is C20H23N5O3. The lowest BCUT2D eigenvalue weighted by Gasteiger charge is -2.33. The molecule has 1 atom stereocenters. The van der Waals surface area contributed by atoms with Crippen molar-refractivity contribution >= 4 is 22.7 Å². The van der Waals surface area contributed by atoms with Crippen LogP contribution in [0.3, 0.4) is 0 Å². The second-order valence-corrected chi connectivity index (χ2v) is 7.27. The molecule has 1 aromatic carbocycles. The summed E-state index contributed by atoms with van der Waals surface area (Å²) in [6.45, 7) is 4.56. The number of carbonyl (C=O) groups is 1. The molecule has 0 saturated carbocycles. The third-order valence-electron chi connectivity index (χ3n) is 5.26. The summed E-state index contributed by atoms with van der Waals surface area (Å²) in [6.07, 6.45) is 3.62. The first-order chi connectivity index (χ1) is 13.5. The second-order valence-electron chi connectivity index (χ2n) is 7.27. The summed E-state index contributed by atoms with van der Waals surface area (Å²) in [7, 11) is 1.66. The van der Waals surface area contributed by atoms with Crippen LogP contribution in [0.15, 0.2) is 30.5 Å². The van der Waals surface area contributed by atoms with Crippen LogP contribution in [-0.2, 0) is 6.54 Å². The Kier molecular flexibility index (Phi) is 4.85. The molecule has 1 aliphatic heterocycles. The number of methoxy groups -OCH3 is 1. The zero-order chi connectivity index (χ0) is 19.7. The Hall–Kier alpha value is -3.16. The number of hydrogen-bond donors (Lipinski definition) is 1.